The maximum Gasteiger partial charge on any atom is 0.417 e. The average Bonchev–Trinajstić information content (AvgIpc) is 2.68. The Bertz CT molecular complexity index is 614. The molecule has 4 N–H and O–H groups in total. The highest BCUT2D eigenvalue weighted by molar-refractivity contribution is 5.96. The molecule has 1 atom stereocenters. The van der Waals surface area contributed by atoms with E-state index in [2.05, 4.69) is 10.3 Å². The number of carbonyl (C=O) groups is 1. The Balaban J connectivity index is 2.16. The zero-order chi connectivity index (χ0) is 13.1. The summed E-state index contributed by atoms with van der Waals surface area (Å²) in [5, 5.41) is 2.70. The number of amides is 1. The highest BCUT2D eigenvalue weighted by atomic mass is 16.4. The van der Waals surface area contributed by atoms with E-state index in [1.807, 2.05) is 6.92 Å². The highest BCUT2D eigenvalue weighted by Crippen LogP contribution is 2.16. The molecule has 0 aliphatic rings. The van der Waals surface area contributed by atoms with E-state index in [0.29, 0.717) is 23.2 Å². The first-order chi connectivity index (χ1) is 8.60. The first-order valence-corrected chi connectivity index (χ1v) is 5.79. The van der Waals surface area contributed by atoms with Crippen molar-refractivity contribution in [3.05, 3.63) is 28.7 Å². The Morgan fingerprint density at radius 1 is 1.56 bits per heavy atom. The number of hydrogen-bond acceptors (Lipinski definition) is 4. The molecule has 6 heteroatoms. The number of carbonyl (C=O) groups excluding carboxylic acids is 1. The van der Waals surface area contributed by atoms with Gasteiger partial charge in [0.15, 0.2) is 5.58 Å². The number of benzene rings is 1. The van der Waals surface area contributed by atoms with Crippen LogP contribution in [0.4, 0.5) is 5.69 Å². The molecular weight excluding hydrogens is 234 g/mol. The van der Waals surface area contributed by atoms with Crippen LogP contribution >= 0.6 is 0 Å². The van der Waals surface area contributed by atoms with Crippen molar-refractivity contribution in [3.63, 3.8) is 0 Å². The topological polar surface area (TPSA) is 101 Å². The molecule has 1 aromatic heterocycles. The molecule has 6 nitrogen and oxygen atoms in total. The molecule has 0 radical (unpaired) electrons. The largest absolute Gasteiger partial charge is 0.417 e. The number of aromatic nitrogens is 1. The van der Waals surface area contributed by atoms with Crippen molar-refractivity contribution in [3.8, 4) is 0 Å². The number of nitrogens with two attached hydrogens (primary N) is 1. The Kier molecular flexibility index (Phi) is 3.47. The maximum absolute atomic E-state index is 11.7. The third-order valence-electron chi connectivity index (χ3n) is 2.62. The van der Waals surface area contributed by atoms with E-state index in [0.717, 1.165) is 6.42 Å². The lowest BCUT2D eigenvalue weighted by molar-refractivity contribution is -0.117. The van der Waals surface area contributed by atoms with Gasteiger partial charge >= 0.3 is 5.76 Å². The molecule has 2 rings (SSSR count). The van der Waals surface area contributed by atoms with E-state index < -0.39 is 11.8 Å². The Hall–Kier alpha value is -2.08. The van der Waals surface area contributed by atoms with Crippen LogP contribution in [0.5, 0.6) is 0 Å². The van der Waals surface area contributed by atoms with Crippen molar-refractivity contribution in [2.24, 2.45) is 5.73 Å². The minimum atomic E-state index is -0.519. The summed E-state index contributed by atoms with van der Waals surface area (Å²) >= 11 is 0. The van der Waals surface area contributed by atoms with Gasteiger partial charge in [-0.05, 0) is 24.6 Å². The van der Waals surface area contributed by atoms with Crippen LogP contribution in [0.25, 0.3) is 11.1 Å². The summed E-state index contributed by atoms with van der Waals surface area (Å²) in [6.45, 7) is 1.97. The highest BCUT2D eigenvalue weighted by Gasteiger charge is 2.12. The molecule has 1 unspecified atom stereocenters. The van der Waals surface area contributed by atoms with Gasteiger partial charge in [0.05, 0.1) is 11.6 Å². The van der Waals surface area contributed by atoms with Crippen LogP contribution in [0, 0.1) is 0 Å². The van der Waals surface area contributed by atoms with Crippen LogP contribution in [0.15, 0.2) is 27.4 Å². The molecule has 18 heavy (non-hydrogen) atoms. The first-order valence-electron chi connectivity index (χ1n) is 5.79. The number of fused-ring (bicyclic) bond motifs is 1. The summed E-state index contributed by atoms with van der Waals surface area (Å²) in [6, 6.07) is 4.40. The Labute approximate surface area is 103 Å². The first kappa shape index (κ1) is 12.4. The van der Waals surface area contributed by atoms with Crippen molar-refractivity contribution in [2.45, 2.75) is 25.8 Å². The summed E-state index contributed by atoms with van der Waals surface area (Å²) in [6.07, 6.45) is 1.49. The molecule has 0 saturated heterocycles. The van der Waals surface area contributed by atoms with Crippen LogP contribution in [0.2, 0.25) is 0 Å². The second-order valence-electron chi connectivity index (χ2n) is 4.11. The molecule has 0 spiro atoms. The normalized spacial score (nSPS) is 12.6. The van der Waals surface area contributed by atoms with Crippen molar-refractivity contribution in [1.82, 2.24) is 4.98 Å². The zero-order valence-corrected chi connectivity index (χ0v) is 10.0. The van der Waals surface area contributed by atoms with E-state index in [9.17, 15) is 9.59 Å². The summed E-state index contributed by atoms with van der Waals surface area (Å²) in [5.74, 6) is -0.752. The molecule has 1 amide bonds. The van der Waals surface area contributed by atoms with Crippen molar-refractivity contribution in [1.29, 1.82) is 0 Å². The number of H-pyrrole nitrogens is 1. The Morgan fingerprint density at radius 3 is 3.06 bits per heavy atom. The van der Waals surface area contributed by atoms with Gasteiger partial charge in [-0.2, -0.15) is 0 Å². The predicted molar refractivity (Wildman–Crippen MR) is 68.3 cm³/mol. The number of anilines is 1. The summed E-state index contributed by atoms with van der Waals surface area (Å²) < 4.78 is 4.87. The molecule has 96 valence electrons. The van der Waals surface area contributed by atoms with Crippen molar-refractivity contribution < 1.29 is 9.21 Å². The van der Waals surface area contributed by atoms with Gasteiger partial charge in [0, 0.05) is 5.69 Å². The van der Waals surface area contributed by atoms with Gasteiger partial charge in [0.2, 0.25) is 5.91 Å². The summed E-state index contributed by atoms with van der Waals surface area (Å²) in [5.41, 5.74) is 7.28. The molecule has 0 aliphatic carbocycles. The zero-order valence-electron chi connectivity index (χ0n) is 10.0. The van der Waals surface area contributed by atoms with Crippen LogP contribution in [-0.2, 0) is 4.79 Å². The fourth-order valence-corrected chi connectivity index (χ4v) is 1.71. The number of aromatic amines is 1. The monoisotopic (exact) mass is 249 g/mol. The third kappa shape index (κ3) is 2.60. The van der Waals surface area contributed by atoms with Crippen molar-refractivity contribution in [2.75, 3.05) is 5.32 Å². The SMILES string of the molecule is CCCC(N)C(=O)Nc1ccc2oc(=O)[nH]c2c1. The van der Waals surface area contributed by atoms with Gasteiger partial charge in [-0.1, -0.05) is 13.3 Å². The second kappa shape index (κ2) is 5.05. The third-order valence-corrected chi connectivity index (χ3v) is 2.62. The minimum Gasteiger partial charge on any atom is -0.408 e. The molecule has 1 aromatic carbocycles. The van der Waals surface area contributed by atoms with Gasteiger partial charge in [0.1, 0.15) is 0 Å². The lowest BCUT2D eigenvalue weighted by Gasteiger charge is -2.10. The molecule has 0 bridgehead atoms. The molecule has 0 aliphatic heterocycles. The van der Waals surface area contributed by atoms with Crippen molar-refractivity contribution >= 4 is 22.7 Å². The molecule has 0 saturated carbocycles. The van der Waals surface area contributed by atoms with Gasteiger partial charge in [-0.25, -0.2) is 4.79 Å². The van der Waals surface area contributed by atoms with Gasteiger partial charge < -0.3 is 15.5 Å². The van der Waals surface area contributed by atoms with Crippen LogP contribution in [0.1, 0.15) is 19.8 Å². The van der Waals surface area contributed by atoms with E-state index in [4.69, 9.17) is 10.2 Å². The molecule has 1 heterocycles. The van der Waals surface area contributed by atoms with E-state index in [-0.39, 0.29) is 5.91 Å². The summed E-state index contributed by atoms with van der Waals surface area (Å²) in [7, 11) is 0. The maximum atomic E-state index is 11.7. The number of rotatable bonds is 4. The smallest absolute Gasteiger partial charge is 0.408 e. The van der Waals surface area contributed by atoms with Gasteiger partial charge in [0.25, 0.3) is 0 Å². The van der Waals surface area contributed by atoms with E-state index in [1.165, 1.54) is 0 Å². The molecule has 2 aromatic rings. The van der Waals surface area contributed by atoms with Gasteiger partial charge in [-0.3, -0.25) is 9.78 Å². The van der Waals surface area contributed by atoms with Crippen LogP contribution in [0.3, 0.4) is 0 Å². The standard InChI is InChI=1S/C12H15N3O3/c1-2-3-8(13)11(16)14-7-4-5-10-9(6-7)15-12(17)18-10/h4-6,8H,2-3,13H2,1H3,(H,14,16)(H,15,17). The number of oxazole rings is 1. The van der Waals surface area contributed by atoms with E-state index >= 15 is 0 Å². The van der Waals surface area contributed by atoms with Crippen LogP contribution in [-0.4, -0.2) is 16.9 Å². The lowest BCUT2D eigenvalue weighted by Crippen LogP contribution is -2.35. The van der Waals surface area contributed by atoms with E-state index in [1.54, 1.807) is 18.2 Å². The quantitative estimate of drug-likeness (QED) is 0.757. The Morgan fingerprint density at radius 2 is 2.33 bits per heavy atom. The second-order valence-corrected chi connectivity index (χ2v) is 4.11. The molecular formula is C12H15N3O3. The number of nitrogens with one attached hydrogen (secondary N) is 2. The average molecular weight is 249 g/mol. The lowest BCUT2D eigenvalue weighted by atomic mass is 10.1. The summed E-state index contributed by atoms with van der Waals surface area (Å²) in [4.78, 5) is 25.2. The fraction of sp³-hybridized carbons (Fsp3) is 0.333. The number of hydrogen-bond donors (Lipinski definition) is 3. The fourth-order valence-electron chi connectivity index (χ4n) is 1.71. The predicted octanol–water partition coefficient (Wildman–Crippen LogP) is 1.19. The van der Waals surface area contributed by atoms with Gasteiger partial charge in [-0.15, -0.1) is 0 Å². The molecule has 0 fully saturated rings. The van der Waals surface area contributed by atoms with Crippen LogP contribution < -0.4 is 16.8 Å². The minimum absolute atomic E-state index is 0.234.